The molecule has 49 heavy (non-hydrogen) atoms. The van der Waals surface area contributed by atoms with Crippen LogP contribution < -0.4 is 0 Å². The third-order valence-electron chi connectivity index (χ3n) is 7.29. The second-order valence-electron chi connectivity index (χ2n) is 10.6. The van der Waals surface area contributed by atoms with Gasteiger partial charge in [-0.25, -0.2) is 0 Å². The minimum atomic E-state index is 0. The van der Waals surface area contributed by atoms with Gasteiger partial charge in [-0.2, -0.15) is 0 Å². The van der Waals surface area contributed by atoms with Gasteiger partial charge in [-0.15, -0.1) is 70.8 Å². The Bertz CT molecular complexity index is 1830. The van der Waals surface area contributed by atoms with Crippen LogP contribution in [0.2, 0.25) is 0 Å². The van der Waals surface area contributed by atoms with Gasteiger partial charge in [0.2, 0.25) is 0 Å². The first kappa shape index (κ1) is 34.5. The van der Waals surface area contributed by atoms with Crippen LogP contribution in [0, 0.1) is 12.1 Å². The summed E-state index contributed by atoms with van der Waals surface area (Å²) in [6.07, 6.45) is 7.14. The first-order valence-corrected chi connectivity index (χ1v) is 15.6. The molecule has 0 fully saturated rings. The van der Waals surface area contributed by atoms with Gasteiger partial charge in [0.05, 0.1) is 11.4 Å². The molecule has 0 aliphatic rings. The van der Waals surface area contributed by atoms with Crippen molar-refractivity contribution in [2.45, 2.75) is 0 Å². The van der Waals surface area contributed by atoms with Gasteiger partial charge in [0.15, 0.2) is 0 Å². The Morgan fingerprint density at radius 3 is 0.959 bits per heavy atom. The summed E-state index contributed by atoms with van der Waals surface area (Å²) in [6.45, 7) is 0. The first-order valence-electron chi connectivity index (χ1n) is 15.6. The zero-order valence-electron chi connectivity index (χ0n) is 26.6. The molecule has 0 amide bonds. The van der Waals surface area contributed by atoms with E-state index in [-0.39, 0.29) is 20.1 Å². The molecule has 0 atom stereocenters. The number of pyridine rings is 4. The predicted octanol–water partition coefficient (Wildman–Crippen LogP) is 10.6. The molecule has 4 nitrogen and oxygen atoms in total. The first-order chi connectivity index (χ1) is 23.8. The molecule has 4 aromatic heterocycles. The van der Waals surface area contributed by atoms with Crippen molar-refractivity contribution >= 4 is 0 Å². The molecule has 239 valence electrons. The SMILES string of the molecule is [Ir].[c-]1ccc(-c2ccccc2)cc1-c1ccccn1.[c-]1ccc(-c2ccccc2)cc1-c1ccccn1.c1ccc(-c2ccccn2)nc1. The standard InChI is InChI=1S/2C17H12N.C10H8N2.Ir/c2*1-2-7-14(8-3-1)15-9-6-10-16(13-15)17-11-4-5-12-18-17;1-3-7-11-9(5-1)10-6-2-4-8-12-10;/h2*1-9,11-13H;1-8H;/q2*-1;;. The minimum absolute atomic E-state index is 0. The third-order valence-corrected chi connectivity index (χ3v) is 7.29. The van der Waals surface area contributed by atoms with Crippen LogP contribution >= 0.6 is 0 Å². The maximum absolute atomic E-state index is 4.35. The molecule has 4 heterocycles. The molecule has 0 bridgehead atoms. The fraction of sp³-hybridized carbons (Fsp3) is 0. The Kier molecular flexibility index (Phi) is 13.0. The molecule has 0 saturated carbocycles. The molecular formula is C44H32IrN4-2. The molecule has 0 unspecified atom stereocenters. The summed E-state index contributed by atoms with van der Waals surface area (Å²) in [5.74, 6) is 0. The second-order valence-corrected chi connectivity index (χ2v) is 10.6. The average Bonchev–Trinajstić information content (AvgIpc) is 3.20. The van der Waals surface area contributed by atoms with Gasteiger partial charge < -0.3 is 9.97 Å². The van der Waals surface area contributed by atoms with Gasteiger partial charge in [0, 0.05) is 44.9 Å². The second kappa shape index (κ2) is 18.5. The molecule has 0 aliphatic carbocycles. The Hall–Kier alpha value is -5.87. The van der Waals surface area contributed by atoms with Crippen LogP contribution in [0.15, 0.2) is 195 Å². The number of nitrogens with zero attached hydrogens (tertiary/aromatic N) is 4. The van der Waals surface area contributed by atoms with E-state index in [9.17, 15) is 0 Å². The predicted molar refractivity (Wildman–Crippen MR) is 195 cm³/mol. The molecule has 5 heteroatoms. The molecule has 0 aliphatic heterocycles. The van der Waals surface area contributed by atoms with E-state index in [1.54, 1.807) is 24.8 Å². The van der Waals surface area contributed by atoms with Gasteiger partial charge in [-0.05, 0) is 58.9 Å². The van der Waals surface area contributed by atoms with E-state index in [4.69, 9.17) is 0 Å². The summed E-state index contributed by atoms with van der Waals surface area (Å²) in [6, 6.07) is 62.9. The van der Waals surface area contributed by atoms with E-state index in [1.165, 1.54) is 22.3 Å². The van der Waals surface area contributed by atoms with Crippen molar-refractivity contribution in [2.75, 3.05) is 0 Å². The number of hydrogen-bond acceptors (Lipinski definition) is 4. The normalized spacial score (nSPS) is 9.88. The van der Waals surface area contributed by atoms with E-state index in [0.29, 0.717) is 0 Å². The molecule has 0 saturated heterocycles. The topological polar surface area (TPSA) is 51.6 Å². The van der Waals surface area contributed by atoms with Crippen molar-refractivity contribution in [1.29, 1.82) is 0 Å². The molecule has 8 aromatic rings. The van der Waals surface area contributed by atoms with Crippen molar-refractivity contribution in [3.63, 3.8) is 0 Å². The quantitative estimate of drug-likeness (QED) is 0.163. The Labute approximate surface area is 301 Å². The largest absolute Gasteiger partial charge is 0.305 e. The summed E-state index contributed by atoms with van der Waals surface area (Å²) < 4.78 is 0. The third kappa shape index (κ3) is 10.1. The van der Waals surface area contributed by atoms with Crippen molar-refractivity contribution in [3.8, 4) is 56.2 Å². The van der Waals surface area contributed by atoms with Gasteiger partial charge in [-0.3, -0.25) is 9.97 Å². The Morgan fingerprint density at radius 2 is 0.633 bits per heavy atom. The van der Waals surface area contributed by atoms with E-state index in [2.05, 4.69) is 80.6 Å². The van der Waals surface area contributed by atoms with Gasteiger partial charge in [-0.1, -0.05) is 97.1 Å². The number of benzene rings is 4. The van der Waals surface area contributed by atoms with E-state index in [0.717, 1.165) is 33.9 Å². The molecule has 4 aromatic carbocycles. The molecule has 0 N–H and O–H groups in total. The molecular weight excluding hydrogens is 777 g/mol. The number of hydrogen-bond donors (Lipinski definition) is 0. The van der Waals surface area contributed by atoms with Crippen molar-refractivity contribution in [3.05, 3.63) is 207 Å². The van der Waals surface area contributed by atoms with Gasteiger partial charge in [0.1, 0.15) is 0 Å². The monoisotopic (exact) mass is 809 g/mol. The number of rotatable bonds is 5. The molecule has 8 rings (SSSR count). The smallest absolute Gasteiger partial charge is 0.0886 e. The zero-order valence-corrected chi connectivity index (χ0v) is 29.0. The summed E-state index contributed by atoms with van der Waals surface area (Å²) in [5.41, 5.74) is 10.6. The number of aromatic nitrogens is 4. The average molecular weight is 809 g/mol. The van der Waals surface area contributed by atoms with Gasteiger partial charge >= 0.3 is 0 Å². The summed E-state index contributed by atoms with van der Waals surface area (Å²) in [7, 11) is 0. The molecule has 0 spiro atoms. The summed E-state index contributed by atoms with van der Waals surface area (Å²) >= 11 is 0. The van der Waals surface area contributed by atoms with Crippen molar-refractivity contribution < 1.29 is 20.1 Å². The minimum Gasteiger partial charge on any atom is -0.305 e. The van der Waals surface area contributed by atoms with Crippen LogP contribution in [-0.2, 0) is 20.1 Å². The maximum atomic E-state index is 4.35. The Balaban J connectivity index is 0.000000145. The van der Waals surface area contributed by atoms with E-state index < -0.39 is 0 Å². The fourth-order valence-electron chi connectivity index (χ4n) is 4.92. The van der Waals surface area contributed by atoms with Gasteiger partial charge in [0.25, 0.3) is 0 Å². The fourth-order valence-corrected chi connectivity index (χ4v) is 4.92. The van der Waals surface area contributed by atoms with Crippen LogP contribution in [0.25, 0.3) is 56.2 Å². The van der Waals surface area contributed by atoms with Crippen LogP contribution in [0.4, 0.5) is 0 Å². The van der Waals surface area contributed by atoms with Crippen molar-refractivity contribution in [1.82, 2.24) is 19.9 Å². The zero-order chi connectivity index (χ0) is 32.6. The van der Waals surface area contributed by atoms with E-state index in [1.807, 2.05) is 121 Å². The Morgan fingerprint density at radius 1 is 0.306 bits per heavy atom. The van der Waals surface area contributed by atoms with Crippen molar-refractivity contribution in [2.24, 2.45) is 0 Å². The van der Waals surface area contributed by atoms with Crippen LogP contribution in [-0.4, -0.2) is 19.9 Å². The molecule has 1 radical (unpaired) electrons. The van der Waals surface area contributed by atoms with Crippen LogP contribution in [0.3, 0.4) is 0 Å². The van der Waals surface area contributed by atoms with Crippen LogP contribution in [0.5, 0.6) is 0 Å². The van der Waals surface area contributed by atoms with E-state index >= 15 is 0 Å². The summed E-state index contributed by atoms with van der Waals surface area (Å²) in [5, 5.41) is 0. The van der Waals surface area contributed by atoms with Crippen LogP contribution in [0.1, 0.15) is 0 Å². The maximum Gasteiger partial charge on any atom is 0.0886 e. The summed E-state index contributed by atoms with van der Waals surface area (Å²) in [4.78, 5) is 17.1.